The maximum atomic E-state index is 5.90. The first kappa shape index (κ1) is 16.3. The van der Waals surface area contributed by atoms with E-state index in [9.17, 15) is 0 Å². The van der Waals surface area contributed by atoms with Gasteiger partial charge in [-0.15, -0.1) is 0 Å². The van der Waals surface area contributed by atoms with E-state index in [-0.39, 0.29) is 0 Å². The van der Waals surface area contributed by atoms with Crippen LogP contribution in [0.4, 0.5) is 0 Å². The van der Waals surface area contributed by atoms with Crippen LogP contribution in [0.2, 0.25) is 0 Å². The number of unbranched alkanes of at least 4 members (excludes halogenated alkanes) is 1. The van der Waals surface area contributed by atoms with Gasteiger partial charge in [-0.1, -0.05) is 17.7 Å². The molecule has 0 unspecified atom stereocenters. The fraction of sp³-hybridized carbons (Fsp3) is 0.562. The van der Waals surface area contributed by atoms with Gasteiger partial charge in [0, 0.05) is 19.6 Å². The number of nitrogens with zero attached hydrogens (tertiary/aromatic N) is 2. The van der Waals surface area contributed by atoms with Gasteiger partial charge < -0.3 is 15.4 Å². The lowest BCUT2D eigenvalue weighted by atomic mass is 10.2. The number of nitrogens with two attached hydrogens (primary N) is 1. The van der Waals surface area contributed by atoms with Crippen LogP contribution in [0.5, 0.6) is 5.75 Å². The molecule has 1 aromatic rings. The van der Waals surface area contributed by atoms with Crippen molar-refractivity contribution in [1.29, 1.82) is 0 Å². The number of aliphatic imine (C=N–C) groups is 1. The molecular formula is C16H27N3O. The van der Waals surface area contributed by atoms with Gasteiger partial charge in [0.05, 0.1) is 6.61 Å². The number of hydrogen-bond acceptors (Lipinski definition) is 2. The molecule has 0 atom stereocenters. The van der Waals surface area contributed by atoms with Crippen molar-refractivity contribution >= 4 is 5.96 Å². The molecule has 1 rings (SSSR count). The summed E-state index contributed by atoms with van der Waals surface area (Å²) in [6.07, 6.45) is 1.98. The van der Waals surface area contributed by atoms with Crippen LogP contribution in [-0.2, 0) is 0 Å². The van der Waals surface area contributed by atoms with E-state index in [4.69, 9.17) is 10.5 Å². The van der Waals surface area contributed by atoms with Crippen molar-refractivity contribution in [2.75, 3.05) is 26.2 Å². The van der Waals surface area contributed by atoms with Crippen LogP contribution >= 0.6 is 0 Å². The third-order valence-corrected chi connectivity index (χ3v) is 3.20. The van der Waals surface area contributed by atoms with E-state index in [1.165, 1.54) is 5.56 Å². The predicted molar refractivity (Wildman–Crippen MR) is 85.3 cm³/mol. The van der Waals surface area contributed by atoms with Gasteiger partial charge in [-0.25, -0.2) is 0 Å². The van der Waals surface area contributed by atoms with Crippen molar-refractivity contribution in [3.05, 3.63) is 29.8 Å². The summed E-state index contributed by atoms with van der Waals surface area (Å²) in [5.41, 5.74) is 7.15. The molecule has 0 spiro atoms. The van der Waals surface area contributed by atoms with Crippen molar-refractivity contribution in [3.63, 3.8) is 0 Å². The first-order valence-corrected chi connectivity index (χ1v) is 7.41. The highest BCUT2D eigenvalue weighted by Crippen LogP contribution is 2.11. The Labute approximate surface area is 122 Å². The third-order valence-electron chi connectivity index (χ3n) is 3.20. The van der Waals surface area contributed by atoms with Crippen LogP contribution in [0.3, 0.4) is 0 Å². The molecule has 0 heterocycles. The van der Waals surface area contributed by atoms with E-state index in [1.807, 2.05) is 12.1 Å². The van der Waals surface area contributed by atoms with Crippen molar-refractivity contribution in [2.24, 2.45) is 10.7 Å². The molecule has 2 N–H and O–H groups in total. The maximum absolute atomic E-state index is 5.90. The molecule has 0 fully saturated rings. The zero-order chi connectivity index (χ0) is 14.8. The second kappa shape index (κ2) is 9.23. The van der Waals surface area contributed by atoms with Crippen molar-refractivity contribution < 1.29 is 4.74 Å². The summed E-state index contributed by atoms with van der Waals surface area (Å²) in [5.74, 6) is 1.58. The van der Waals surface area contributed by atoms with Crippen LogP contribution < -0.4 is 10.5 Å². The summed E-state index contributed by atoms with van der Waals surface area (Å²) in [5, 5.41) is 0. The number of rotatable bonds is 8. The summed E-state index contributed by atoms with van der Waals surface area (Å²) in [7, 11) is 0. The Bertz CT molecular complexity index is 397. The van der Waals surface area contributed by atoms with Gasteiger partial charge in [-0.05, 0) is 45.7 Å². The van der Waals surface area contributed by atoms with Gasteiger partial charge in [0.1, 0.15) is 5.75 Å². The normalized spacial score (nSPS) is 11.4. The molecule has 0 saturated heterocycles. The molecule has 0 aliphatic heterocycles. The Hall–Kier alpha value is -1.71. The Morgan fingerprint density at radius 3 is 2.40 bits per heavy atom. The molecule has 0 amide bonds. The van der Waals surface area contributed by atoms with Gasteiger partial charge in [-0.3, -0.25) is 4.99 Å². The molecule has 0 radical (unpaired) electrons. The largest absolute Gasteiger partial charge is 0.494 e. The van der Waals surface area contributed by atoms with Gasteiger partial charge in [-0.2, -0.15) is 0 Å². The number of guanidine groups is 1. The Morgan fingerprint density at radius 2 is 1.80 bits per heavy atom. The second-order valence-electron chi connectivity index (χ2n) is 4.78. The molecule has 112 valence electrons. The highest BCUT2D eigenvalue weighted by Gasteiger charge is 2.00. The van der Waals surface area contributed by atoms with Crippen molar-refractivity contribution in [2.45, 2.75) is 33.6 Å². The van der Waals surface area contributed by atoms with E-state index in [1.54, 1.807) is 0 Å². The lowest BCUT2D eigenvalue weighted by molar-refractivity contribution is 0.307. The lowest BCUT2D eigenvalue weighted by Crippen LogP contribution is -2.37. The van der Waals surface area contributed by atoms with Crippen LogP contribution in [-0.4, -0.2) is 37.1 Å². The monoisotopic (exact) mass is 277 g/mol. The fourth-order valence-electron chi connectivity index (χ4n) is 1.88. The average Bonchev–Trinajstić information content (AvgIpc) is 2.46. The summed E-state index contributed by atoms with van der Waals surface area (Å²) in [6, 6.07) is 8.13. The minimum Gasteiger partial charge on any atom is -0.494 e. The topological polar surface area (TPSA) is 50.8 Å². The molecule has 1 aromatic carbocycles. The van der Waals surface area contributed by atoms with E-state index >= 15 is 0 Å². The summed E-state index contributed by atoms with van der Waals surface area (Å²) in [6.45, 7) is 9.54. The van der Waals surface area contributed by atoms with E-state index < -0.39 is 0 Å². The molecule has 0 aliphatic rings. The number of ether oxygens (including phenoxy) is 1. The molecule has 4 nitrogen and oxygen atoms in total. The Morgan fingerprint density at radius 1 is 1.15 bits per heavy atom. The summed E-state index contributed by atoms with van der Waals surface area (Å²) < 4.78 is 5.67. The first-order chi connectivity index (χ1) is 9.67. The van der Waals surface area contributed by atoms with Gasteiger partial charge in [0.15, 0.2) is 5.96 Å². The van der Waals surface area contributed by atoms with Crippen LogP contribution in [0.15, 0.2) is 29.3 Å². The first-order valence-electron chi connectivity index (χ1n) is 7.41. The minimum atomic E-state index is 0.648. The smallest absolute Gasteiger partial charge is 0.191 e. The van der Waals surface area contributed by atoms with E-state index in [2.05, 4.69) is 42.8 Å². The van der Waals surface area contributed by atoms with Crippen LogP contribution in [0.25, 0.3) is 0 Å². The maximum Gasteiger partial charge on any atom is 0.191 e. The number of benzene rings is 1. The van der Waals surface area contributed by atoms with Gasteiger partial charge in [0.2, 0.25) is 0 Å². The molecule has 4 heteroatoms. The molecule has 0 aromatic heterocycles. The van der Waals surface area contributed by atoms with Crippen molar-refractivity contribution in [1.82, 2.24) is 4.90 Å². The minimum absolute atomic E-state index is 0.648. The molecule has 0 aliphatic carbocycles. The van der Waals surface area contributed by atoms with Crippen molar-refractivity contribution in [3.8, 4) is 5.75 Å². The molecular weight excluding hydrogens is 250 g/mol. The van der Waals surface area contributed by atoms with Crippen LogP contribution in [0, 0.1) is 6.92 Å². The predicted octanol–water partition coefficient (Wildman–Crippen LogP) is 2.81. The molecule has 0 bridgehead atoms. The standard InChI is InChI=1S/C16H27N3O/c1-4-19(5-2)16(17)18-12-6-7-13-20-15-10-8-14(3)9-11-15/h8-11H,4-7,12-13H2,1-3H3,(H2,17,18). The zero-order valence-corrected chi connectivity index (χ0v) is 12.9. The van der Waals surface area contributed by atoms with Gasteiger partial charge in [0.25, 0.3) is 0 Å². The van der Waals surface area contributed by atoms with Crippen LogP contribution in [0.1, 0.15) is 32.3 Å². The quantitative estimate of drug-likeness (QED) is 0.451. The molecule has 0 saturated carbocycles. The number of hydrogen-bond donors (Lipinski definition) is 1. The van der Waals surface area contributed by atoms with E-state index in [0.717, 1.165) is 44.8 Å². The molecule has 20 heavy (non-hydrogen) atoms. The highest BCUT2D eigenvalue weighted by atomic mass is 16.5. The Kier molecular flexibility index (Phi) is 7.55. The second-order valence-corrected chi connectivity index (χ2v) is 4.78. The lowest BCUT2D eigenvalue weighted by Gasteiger charge is -2.19. The fourth-order valence-corrected chi connectivity index (χ4v) is 1.88. The third kappa shape index (κ3) is 5.95. The van der Waals surface area contributed by atoms with E-state index in [0.29, 0.717) is 5.96 Å². The SMILES string of the molecule is CCN(CC)C(N)=NCCCCOc1ccc(C)cc1. The Balaban J connectivity index is 2.16. The highest BCUT2D eigenvalue weighted by molar-refractivity contribution is 5.77. The van der Waals surface area contributed by atoms with Gasteiger partial charge >= 0.3 is 0 Å². The summed E-state index contributed by atoms with van der Waals surface area (Å²) >= 11 is 0. The zero-order valence-electron chi connectivity index (χ0n) is 12.9. The average molecular weight is 277 g/mol. The summed E-state index contributed by atoms with van der Waals surface area (Å²) in [4.78, 5) is 6.45. The number of aryl methyl sites for hydroxylation is 1.